The number of hydrogen-bond acceptors (Lipinski definition) is 4. The smallest absolute Gasteiger partial charge is 0.228 e. The summed E-state index contributed by atoms with van der Waals surface area (Å²) in [5.41, 5.74) is 0.964. The topological polar surface area (TPSA) is 51.0 Å². The fraction of sp³-hybridized carbons (Fsp3) is 0.385. The highest BCUT2D eigenvalue weighted by molar-refractivity contribution is 9.10. The maximum atomic E-state index is 5.27. The number of aromatic nitrogens is 2. The Hall–Kier alpha value is -1.20. The second kappa shape index (κ2) is 6.11. The molecule has 0 aliphatic heterocycles. The number of benzene rings is 1. The van der Waals surface area contributed by atoms with Crippen molar-refractivity contribution in [2.75, 3.05) is 7.05 Å². The highest BCUT2D eigenvalue weighted by Gasteiger charge is 2.12. The highest BCUT2D eigenvalue weighted by Crippen LogP contribution is 2.19. The Morgan fingerprint density at radius 2 is 2.06 bits per heavy atom. The molecule has 1 N–H and O–H groups in total. The van der Waals surface area contributed by atoms with Gasteiger partial charge in [-0.15, -0.1) is 0 Å². The molecule has 0 fully saturated rings. The van der Waals surface area contributed by atoms with Gasteiger partial charge in [0.25, 0.3) is 0 Å². The van der Waals surface area contributed by atoms with Crippen molar-refractivity contribution in [3.8, 4) is 11.4 Å². The summed E-state index contributed by atoms with van der Waals surface area (Å²) < 4.78 is 6.31. The molecule has 2 aromatic rings. The Morgan fingerprint density at radius 1 is 1.33 bits per heavy atom. The van der Waals surface area contributed by atoms with Crippen molar-refractivity contribution in [1.29, 1.82) is 0 Å². The van der Waals surface area contributed by atoms with Gasteiger partial charge in [-0.1, -0.05) is 28.0 Å². The van der Waals surface area contributed by atoms with E-state index in [9.17, 15) is 0 Å². The number of rotatable bonds is 5. The molecule has 1 unspecified atom stereocenters. The molecule has 1 atom stereocenters. The van der Waals surface area contributed by atoms with Crippen LogP contribution in [0.15, 0.2) is 33.3 Å². The predicted octanol–water partition coefficient (Wildman–Crippen LogP) is 3.04. The first-order chi connectivity index (χ1) is 8.72. The average molecular weight is 310 g/mol. The number of nitrogens with one attached hydrogen (secondary N) is 1. The molecule has 1 aromatic carbocycles. The van der Waals surface area contributed by atoms with E-state index in [-0.39, 0.29) is 0 Å². The van der Waals surface area contributed by atoms with Gasteiger partial charge in [0.1, 0.15) is 0 Å². The van der Waals surface area contributed by atoms with Gasteiger partial charge >= 0.3 is 0 Å². The van der Waals surface area contributed by atoms with E-state index in [4.69, 9.17) is 4.52 Å². The Balaban J connectivity index is 2.12. The molecule has 2 rings (SSSR count). The summed E-state index contributed by atoms with van der Waals surface area (Å²) in [7, 11) is 1.94. The van der Waals surface area contributed by atoms with E-state index >= 15 is 0 Å². The molecule has 0 saturated carbocycles. The standard InChI is InChI=1S/C13H16BrN3O/c1-3-11(15-2)8-12-16-13(17-18-12)9-4-6-10(14)7-5-9/h4-7,11,15H,3,8H2,1-2H3. The summed E-state index contributed by atoms with van der Waals surface area (Å²) in [5.74, 6) is 1.32. The second-order valence-corrected chi connectivity index (χ2v) is 5.03. The SMILES string of the molecule is CCC(Cc1nc(-c2ccc(Br)cc2)no1)NC. The maximum absolute atomic E-state index is 5.27. The summed E-state index contributed by atoms with van der Waals surface area (Å²) in [6.07, 6.45) is 1.79. The molecule has 5 heteroatoms. The van der Waals surface area contributed by atoms with Crippen molar-refractivity contribution in [2.24, 2.45) is 0 Å². The summed E-state index contributed by atoms with van der Waals surface area (Å²) >= 11 is 3.40. The van der Waals surface area contributed by atoms with Crippen LogP contribution in [0, 0.1) is 0 Å². The largest absolute Gasteiger partial charge is 0.339 e. The zero-order chi connectivity index (χ0) is 13.0. The van der Waals surface area contributed by atoms with Crippen molar-refractivity contribution in [3.05, 3.63) is 34.6 Å². The molecule has 0 bridgehead atoms. The van der Waals surface area contributed by atoms with Gasteiger partial charge in [-0.3, -0.25) is 0 Å². The number of nitrogens with zero attached hydrogens (tertiary/aromatic N) is 2. The van der Waals surface area contributed by atoms with Gasteiger partial charge in [-0.25, -0.2) is 0 Å². The second-order valence-electron chi connectivity index (χ2n) is 4.12. The third kappa shape index (κ3) is 3.17. The van der Waals surface area contributed by atoms with Gasteiger partial charge in [0.05, 0.1) is 0 Å². The molecule has 18 heavy (non-hydrogen) atoms. The zero-order valence-corrected chi connectivity index (χ0v) is 12.1. The molecule has 0 spiro atoms. The third-order valence-electron chi connectivity index (χ3n) is 2.89. The fourth-order valence-electron chi connectivity index (χ4n) is 1.72. The molecule has 0 saturated heterocycles. The van der Waals surface area contributed by atoms with E-state index < -0.39 is 0 Å². The molecule has 96 valence electrons. The summed E-state index contributed by atoms with van der Waals surface area (Å²) in [5, 5.41) is 7.23. The minimum Gasteiger partial charge on any atom is -0.339 e. The van der Waals surface area contributed by atoms with Crippen LogP contribution in [0.25, 0.3) is 11.4 Å². The first kappa shape index (κ1) is 13.2. The highest BCUT2D eigenvalue weighted by atomic mass is 79.9. The molecular weight excluding hydrogens is 294 g/mol. The minimum atomic E-state index is 0.378. The molecule has 4 nitrogen and oxygen atoms in total. The van der Waals surface area contributed by atoms with Gasteiger partial charge in [-0.05, 0) is 37.7 Å². The Morgan fingerprint density at radius 3 is 2.67 bits per heavy atom. The third-order valence-corrected chi connectivity index (χ3v) is 3.42. The van der Waals surface area contributed by atoms with Crippen LogP contribution in [-0.2, 0) is 6.42 Å². The Bertz CT molecular complexity index is 491. The van der Waals surface area contributed by atoms with Gasteiger partial charge in [0, 0.05) is 22.5 Å². The predicted molar refractivity (Wildman–Crippen MR) is 74.3 cm³/mol. The van der Waals surface area contributed by atoms with Crippen LogP contribution in [-0.4, -0.2) is 23.2 Å². The normalized spacial score (nSPS) is 12.6. The molecule has 0 amide bonds. The Kier molecular flexibility index (Phi) is 4.49. The van der Waals surface area contributed by atoms with Crippen molar-refractivity contribution in [3.63, 3.8) is 0 Å². The van der Waals surface area contributed by atoms with Crippen LogP contribution in [0.2, 0.25) is 0 Å². The van der Waals surface area contributed by atoms with Gasteiger partial charge < -0.3 is 9.84 Å². The minimum absolute atomic E-state index is 0.378. The maximum Gasteiger partial charge on any atom is 0.228 e. The molecular formula is C13H16BrN3O. The number of halogens is 1. The van der Waals surface area contributed by atoms with E-state index in [0.717, 1.165) is 22.9 Å². The lowest BCUT2D eigenvalue weighted by molar-refractivity contribution is 0.359. The van der Waals surface area contributed by atoms with Crippen LogP contribution in [0.3, 0.4) is 0 Å². The van der Waals surface area contributed by atoms with E-state index in [1.165, 1.54) is 0 Å². The molecule has 0 aliphatic rings. The lowest BCUT2D eigenvalue weighted by Gasteiger charge is -2.09. The molecule has 1 heterocycles. The monoisotopic (exact) mass is 309 g/mol. The number of hydrogen-bond donors (Lipinski definition) is 1. The fourth-order valence-corrected chi connectivity index (χ4v) is 1.98. The van der Waals surface area contributed by atoms with Crippen LogP contribution in [0.1, 0.15) is 19.2 Å². The average Bonchev–Trinajstić information content (AvgIpc) is 2.85. The summed E-state index contributed by atoms with van der Waals surface area (Å²) in [6.45, 7) is 2.13. The van der Waals surface area contributed by atoms with Crippen LogP contribution in [0.5, 0.6) is 0 Å². The van der Waals surface area contributed by atoms with Gasteiger partial charge in [-0.2, -0.15) is 4.98 Å². The van der Waals surface area contributed by atoms with Crippen LogP contribution < -0.4 is 5.32 Å². The van der Waals surface area contributed by atoms with Crippen molar-refractivity contribution in [2.45, 2.75) is 25.8 Å². The molecule has 0 radical (unpaired) electrons. The Labute approximate surface area is 115 Å². The molecule has 0 aliphatic carbocycles. The molecule has 1 aromatic heterocycles. The van der Waals surface area contributed by atoms with Crippen molar-refractivity contribution < 1.29 is 4.52 Å². The van der Waals surface area contributed by atoms with Gasteiger partial charge in [0.2, 0.25) is 11.7 Å². The lowest BCUT2D eigenvalue weighted by atomic mass is 10.1. The number of likely N-dealkylation sites (N-methyl/N-ethyl adjacent to an activating group) is 1. The van der Waals surface area contributed by atoms with E-state index in [1.807, 2.05) is 31.3 Å². The first-order valence-corrected chi connectivity index (χ1v) is 6.78. The summed E-state index contributed by atoms with van der Waals surface area (Å²) in [6, 6.07) is 8.24. The zero-order valence-electron chi connectivity index (χ0n) is 10.5. The van der Waals surface area contributed by atoms with E-state index in [1.54, 1.807) is 0 Å². The van der Waals surface area contributed by atoms with Crippen LogP contribution >= 0.6 is 15.9 Å². The quantitative estimate of drug-likeness (QED) is 0.922. The lowest BCUT2D eigenvalue weighted by Crippen LogP contribution is -2.26. The first-order valence-electron chi connectivity index (χ1n) is 5.98. The van der Waals surface area contributed by atoms with Crippen molar-refractivity contribution in [1.82, 2.24) is 15.5 Å². The van der Waals surface area contributed by atoms with Crippen LogP contribution in [0.4, 0.5) is 0 Å². The van der Waals surface area contributed by atoms with E-state index in [2.05, 4.69) is 38.3 Å². The summed E-state index contributed by atoms with van der Waals surface area (Å²) in [4.78, 5) is 4.41. The van der Waals surface area contributed by atoms with Crippen molar-refractivity contribution >= 4 is 15.9 Å². The van der Waals surface area contributed by atoms with Gasteiger partial charge in [0.15, 0.2) is 0 Å². The van der Waals surface area contributed by atoms with E-state index in [0.29, 0.717) is 17.8 Å².